The lowest BCUT2D eigenvalue weighted by atomic mass is 10.0. The summed E-state index contributed by atoms with van der Waals surface area (Å²) in [7, 11) is 0. The molecule has 0 aliphatic carbocycles. The lowest BCUT2D eigenvalue weighted by Gasteiger charge is -2.17. The Balaban J connectivity index is 2.05. The molecule has 0 bridgehead atoms. The van der Waals surface area contributed by atoms with Crippen LogP contribution < -0.4 is 0 Å². The van der Waals surface area contributed by atoms with Gasteiger partial charge in [0.05, 0.1) is 6.10 Å². The summed E-state index contributed by atoms with van der Waals surface area (Å²) in [4.78, 5) is 15.0. The van der Waals surface area contributed by atoms with Crippen molar-refractivity contribution in [2.75, 3.05) is 5.75 Å². The van der Waals surface area contributed by atoms with Crippen LogP contribution in [0.4, 0.5) is 0 Å². The molecule has 0 amide bonds. The molecule has 6 heteroatoms. The van der Waals surface area contributed by atoms with Crippen molar-refractivity contribution in [3.63, 3.8) is 0 Å². The predicted molar refractivity (Wildman–Crippen MR) is 77.5 cm³/mol. The van der Waals surface area contributed by atoms with Gasteiger partial charge in [-0.05, 0) is 24.1 Å². The number of rotatable bonds is 5. The van der Waals surface area contributed by atoms with Gasteiger partial charge in [0.25, 0.3) is 0 Å². The smallest absolute Gasteiger partial charge is 0.192 e. The first kappa shape index (κ1) is 15.0. The van der Waals surface area contributed by atoms with Crippen LogP contribution in [0, 0.1) is 6.92 Å². The minimum absolute atomic E-state index is 0.00572. The Hall–Kier alpha value is -1.37. The maximum atomic E-state index is 10.8. The molecular formula is C14H17NO4S. The third-order valence-corrected chi connectivity index (χ3v) is 3.79. The van der Waals surface area contributed by atoms with Crippen molar-refractivity contribution >= 4 is 28.0 Å². The summed E-state index contributed by atoms with van der Waals surface area (Å²) in [6, 6.07) is 5.14. The normalized spacial score (nSPS) is 14.4. The van der Waals surface area contributed by atoms with Gasteiger partial charge in [-0.25, -0.2) is 4.98 Å². The average molecular weight is 295 g/mol. The number of carbonyl (C=O) groups is 1. The van der Waals surface area contributed by atoms with Gasteiger partial charge in [-0.1, -0.05) is 17.8 Å². The molecule has 20 heavy (non-hydrogen) atoms. The summed E-state index contributed by atoms with van der Waals surface area (Å²) >= 11 is 1.14. The fourth-order valence-electron chi connectivity index (χ4n) is 1.95. The van der Waals surface area contributed by atoms with Crippen LogP contribution in [0.1, 0.15) is 30.9 Å². The van der Waals surface area contributed by atoms with E-state index in [1.807, 2.05) is 0 Å². The molecule has 1 aromatic heterocycles. The lowest BCUT2D eigenvalue weighted by Crippen LogP contribution is -2.19. The molecule has 1 heterocycles. The summed E-state index contributed by atoms with van der Waals surface area (Å²) < 4.78 is 5.36. The Morgan fingerprint density at radius 3 is 2.90 bits per heavy atom. The Morgan fingerprint density at radius 2 is 2.20 bits per heavy atom. The first-order valence-corrected chi connectivity index (χ1v) is 7.32. The SMILES string of the molecule is CC(=O)SCCC(O)C(O)c1ccc2oc(C)nc2c1. The molecule has 0 spiro atoms. The Morgan fingerprint density at radius 1 is 1.45 bits per heavy atom. The van der Waals surface area contributed by atoms with Gasteiger partial charge in [-0.15, -0.1) is 0 Å². The average Bonchev–Trinajstić information content (AvgIpc) is 2.76. The molecule has 2 atom stereocenters. The summed E-state index contributed by atoms with van der Waals surface area (Å²) in [5, 5.41) is 20.1. The van der Waals surface area contributed by atoms with E-state index >= 15 is 0 Å². The maximum Gasteiger partial charge on any atom is 0.192 e. The largest absolute Gasteiger partial charge is 0.441 e. The van der Waals surface area contributed by atoms with E-state index in [2.05, 4.69) is 4.98 Å². The minimum atomic E-state index is -0.996. The van der Waals surface area contributed by atoms with Crippen molar-refractivity contribution in [2.45, 2.75) is 32.5 Å². The van der Waals surface area contributed by atoms with Crippen LogP contribution in [0.15, 0.2) is 22.6 Å². The number of thioether (sulfide) groups is 1. The molecule has 0 saturated heterocycles. The van der Waals surface area contributed by atoms with Gasteiger partial charge in [0.1, 0.15) is 11.6 Å². The number of fused-ring (bicyclic) bond motifs is 1. The van der Waals surface area contributed by atoms with Crippen molar-refractivity contribution in [2.24, 2.45) is 0 Å². The number of aliphatic hydroxyl groups is 2. The third kappa shape index (κ3) is 3.59. The summed E-state index contributed by atoms with van der Waals surface area (Å²) in [5.74, 6) is 1.05. The molecule has 0 radical (unpaired) electrons. The van der Waals surface area contributed by atoms with Crippen LogP contribution in [0.3, 0.4) is 0 Å². The number of aromatic nitrogens is 1. The maximum absolute atomic E-state index is 10.8. The number of carbonyl (C=O) groups excluding carboxylic acids is 1. The lowest BCUT2D eigenvalue weighted by molar-refractivity contribution is -0.109. The van der Waals surface area contributed by atoms with Gasteiger partial charge in [0.2, 0.25) is 0 Å². The van der Waals surface area contributed by atoms with Crippen molar-refractivity contribution < 1.29 is 19.4 Å². The highest BCUT2D eigenvalue weighted by Gasteiger charge is 2.19. The van der Waals surface area contributed by atoms with Crippen LogP contribution in [0.25, 0.3) is 11.1 Å². The Bertz CT molecular complexity index is 610. The van der Waals surface area contributed by atoms with Crippen LogP contribution in [0.2, 0.25) is 0 Å². The molecule has 0 aliphatic heterocycles. The molecular weight excluding hydrogens is 278 g/mol. The molecule has 1 aromatic carbocycles. The van der Waals surface area contributed by atoms with Gasteiger partial charge in [0, 0.05) is 19.6 Å². The van der Waals surface area contributed by atoms with E-state index in [-0.39, 0.29) is 5.12 Å². The fraction of sp³-hybridized carbons (Fsp3) is 0.429. The van der Waals surface area contributed by atoms with Crippen LogP contribution in [-0.2, 0) is 4.79 Å². The Labute approximate surface area is 121 Å². The fourth-order valence-corrected chi connectivity index (χ4v) is 2.59. The number of hydrogen-bond donors (Lipinski definition) is 2. The van der Waals surface area contributed by atoms with E-state index < -0.39 is 12.2 Å². The summed E-state index contributed by atoms with van der Waals surface area (Å²) in [6.07, 6.45) is -1.56. The van der Waals surface area contributed by atoms with Gasteiger partial charge in [0.15, 0.2) is 16.6 Å². The first-order chi connectivity index (χ1) is 9.47. The second-order valence-electron chi connectivity index (χ2n) is 4.60. The van der Waals surface area contributed by atoms with E-state index in [4.69, 9.17) is 4.42 Å². The van der Waals surface area contributed by atoms with Crippen LogP contribution >= 0.6 is 11.8 Å². The monoisotopic (exact) mass is 295 g/mol. The van der Waals surface area contributed by atoms with E-state index in [0.29, 0.717) is 34.7 Å². The molecule has 0 fully saturated rings. The highest BCUT2D eigenvalue weighted by Crippen LogP contribution is 2.24. The van der Waals surface area contributed by atoms with E-state index in [0.717, 1.165) is 11.8 Å². The van der Waals surface area contributed by atoms with E-state index in [9.17, 15) is 15.0 Å². The molecule has 2 rings (SSSR count). The van der Waals surface area contributed by atoms with Gasteiger partial charge < -0.3 is 14.6 Å². The molecule has 0 aliphatic rings. The number of nitrogens with zero attached hydrogens (tertiary/aromatic N) is 1. The molecule has 2 aromatic rings. The van der Waals surface area contributed by atoms with E-state index in [1.165, 1.54) is 6.92 Å². The number of aryl methyl sites for hydroxylation is 1. The van der Waals surface area contributed by atoms with Crippen molar-refractivity contribution in [3.8, 4) is 0 Å². The van der Waals surface area contributed by atoms with Crippen molar-refractivity contribution in [1.82, 2.24) is 4.98 Å². The Kier molecular flexibility index (Phi) is 4.80. The predicted octanol–water partition coefficient (Wildman–Crippen LogP) is 2.20. The topological polar surface area (TPSA) is 83.6 Å². The number of benzene rings is 1. The molecule has 2 unspecified atom stereocenters. The van der Waals surface area contributed by atoms with E-state index in [1.54, 1.807) is 25.1 Å². The summed E-state index contributed by atoms with van der Waals surface area (Å²) in [6.45, 7) is 3.23. The number of oxazole rings is 1. The number of aliphatic hydroxyl groups excluding tert-OH is 2. The highest BCUT2D eigenvalue weighted by atomic mass is 32.2. The second-order valence-corrected chi connectivity index (χ2v) is 5.87. The minimum Gasteiger partial charge on any atom is -0.441 e. The zero-order valence-corrected chi connectivity index (χ0v) is 12.2. The third-order valence-electron chi connectivity index (χ3n) is 2.94. The highest BCUT2D eigenvalue weighted by molar-refractivity contribution is 8.13. The van der Waals surface area contributed by atoms with Crippen LogP contribution in [0.5, 0.6) is 0 Å². The van der Waals surface area contributed by atoms with Crippen LogP contribution in [-0.4, -0.2) is 32.2 Å². The van der Waals surface area contributed by atoms with Crippen molar-refractivity contribution in [3.05, 3.63) is 29.7 Å². The molecule has 5 nitrogen and oxygen atoms in total. The number of hydrogen-bond acceptors (Lipinski definition) is 6. The quantitative estimate of drug-likeness (QED) is 0.880. The molecule has 0 saturated carbocycles. The van der Waals surface area contributed by atoms with Gasteiger partial charge in [-0.2, -0.15) is 0 Å². The van der Waals surface area contributed by atoms with Gasteiger partial charge >= 0.3 is 0 Å². The standard InChI is InChI=1S/C14H17NO4S/c1-8-15-11-7-10(3-4-13(11)19-8)14(18)12(17)5-6-20-9(2)16/h3-4,7,12,14,17-18H,5-6H2,1-2H3. The summed E-state index contributed by atoms with van der Waals surface area (Å²) in [5.41, 5.74) is 1.90. The zero-order valence-electron chi connectivity index (χ0n) is 11.4. The second kappa shape index (κ2) is 6.39. The van der Waals surface area contributed by atoms with Gasteiger partial charge in [-0.3, -0.25) is 4.79 Å². The zero-order chi connectivity index (χ0) is 14.7. The van der Waals surface area contributed by atoms with Crippen molar-refractivity contribution in [1.29, 1.82) is 0 Å². The molecule has 2 N–H and O–H groups in total. The first-order valence-electron chi connectivity index (χ1n) is 6.34. The molecule has 108 valence electrons.